The van der Waals surface area contributed by atoms with Crippen molar-refractivity contribution in [1.82, 2.24) is 4.98 Å². The number of pyridine rings is 1. The van der Waals surface area contributed by atoms with Crippen LogP contribution >= 0.6 is 0 Å². The summed E-state index contributed by atoms with van der Waals surface area (Å²) in [5.74, 6) is -0.0689. The lowest BCUT2D eigenvalue weighted by molar-refractivity contribution is 0.102. The van der Waals surface area contributed by atoms with Crippen LogP contribution in [0.25, 0.3) is 0 Å². The Labute approximate surface area is 110 Å². The fraction of sp³-hybridized carbons (Fsp3) is 0.0714. The molecule has 1 heterocycles. The lowest BCUT2D eigenvalue weighted by atomic mass is 10.1. The van der Waals surface area contributed by atoms with Crippen molar-refractivity contribution in [3.63, 3.8) is 0 Å². The molecule has 0 saturated heterocycles. The first-order chi connectivity index (χ1) is 9.10. The monoisotopic (exact) mass is 252 g/mol. The van der Waals surface area contributed by atoms with Crippen molar-refractivity contribution < 1.29 is 4.79 Å². The number of anilines is 2. The van der Waals surface area contributed by atoms with E-state index in [-0.39, 0.29) is 17.4 Å². The number of nitrogen functional groups attached to an aromatic ring is 1. The Morgan fingerprint density at radius 1 is 1.37 bits per heavy atom. The van der Waals surface area contributed by atoms with E-state index >= 15 is 0 Å². The second kappa shape index (κ2) is 5.19. The van der Waals surface area contributed by atoms with Gasteiger partial charge in [0.2, 0.25) is 0 Å². The summed E-state index contributed by atoms with van der Waals surface area (Å²) in [5, 5.41) is 11.6. The predicted molar refractivity (Wildman–Crippen MR) is 72.5 cm³/mol. The zero-order valence-electron chi connectivity index (χ0n) is 10.3. The molecule has 2 aromatic rings. The number of nitrogens with one attached hydrogen (secondary N) is 1. The Bertz CT molecular complexity index is 673. The normalized spacial score (nSPS) is 9.68. The van der Waals surface area contributed by atoms with Crippen LogP contribution in [0, 0.1) is 18.3 Å². The Balaban J connectivity index is 2.27. The Morgan fingerprint density at radius 3 is 2.84 bits per heavy atom. The van der Waals surface area contributed by atoms with E-state index in [9.17, 15) is 4.79 Å². The highest BCUT2D eigenvalue weighted by molar-refractivity contribution is 6.03. The molecule has 5 heteroatoms. The number of nitriles is 1. The zero-order chi connectivity index (χ0) is 13.8. The molecule has 0 aliphatic heterocycles. The number of nitrogens with zero attached hydrogens (tertiary/aromatic N) is 2. The lowest BCUT2D eigenvalue weighted by Gasteiger charge is -2.08. The minimum Gasteiger partial charge on any atom is -0.384 e. The van der Waals surface area contributed by atoms with E-state index in [1.165, 1.54) is 0 Å². The van der Waals surface area contributed by atoms with E-state index in [4.69, 9.17) is 11.0 Å². The molecule has 0 bridgehead atoms. The molecule has 1 aromatic heterocycles. The standard InChI is InChI=1S/C14H12N4O/c1-9-5-6-10(8-15)7-12(9)18-14(19)11-3-2-4-13(16)17-11/h2-7H,1H3,(H2,16,17)(H,18,19). The molecule has 5 nitrogen and oxygen atoms in total. The third-order valence-corrected chi connectivity index (χ3v) is 2.62. The van der Waals surface area contributed by atoms with Crippen LogP contribution in [0.5, 0.6) is 0 Å². The van der Waals surface area contributed by atoms with Gasteiger partial charge in [-0.2, -0.15) is 5.26 Å². The van der Waals surface area contributed by atoms with Crippen LogP contribution in [-0.4, -0.2) is 10.9 Å². The van der Waals surface area contributed by atoms with E-state index < -0.39 is 0 Å². The van der Waals surface area contributed by atoms with Crippen molar-refractivity contribution in [2.45, 2.75) is 6.92 Å². The molecule has 0 atom stereocenters. The van der Waals surface area contributed by atoms with Crippen molar-refractivity contribution >= 4 is 17.4 Å². The summed E-state index contributed by atoms with van der Waals surface area (Å²) in [4.78, 5) is 15.9. The van der Waals surface area contributed by atoms with Crippen molar-refractivity contribution in [2.24, 2.45) is 0 Å². The first-order valence-corrected chi connectivity index (χ1v) is 5.65. The average Bonchev–Trinajstić information content (AvgIpc) is 2.41. The number of aryl methyl sites for hydroxylation is 1. The summed E-state index contributed by atoms with van der Waals surface area (Å²) >= 11 is 0. The summed E-state index contributed by atoms with van der Waals surface area (Å²) in [6.07, 6.45) is 0. The largest absolute Gasteiger partial charge is 0.384 e. The fourth-order valence-corrected chi connectivity index (χ4v) is 1.59. The van der Waals surface area contributed by atoms with E-state index in [1.54, 1.807) is 36.4 Å². The van der Waals surface area contributed by atoms with Gasteiger partial charge in [-0.25, -0.2) is 4.98 Å². The first-order valence-electron chi connectivity index (χ1n) is 5.65. The highest BCUT2D eigenvalue weighted by Crippen LogP contribution is 2.17. The number of carbonyl (C=O) groups is 1. The Morgan fingerprint density at radius 2 is 2.16 bits per heavy atom. The van der Waals surface area contributed by atoms with Crippen molar-refractivity contribution in [1.29, 1.82) is 5.26 Å². The van der Waals surface area contributed by atoms with Crippen LogP contribution < -0.4 is 11.1 Å². The summed E-state index contributed by atoms with van der Waals surface area (Å²) in [6.45, 7) is 1.85. The summed E-state index contributed by atoms with van der Waals surface area (Å²) < 4.78 is 0. The van der Waals surface area contributed by atoms with Gasteiger partial charge in [0.05, 0.1) is 11.6 Å². The van der Waals surface area contributed by atoms with Gasteiger partial charge >= 0.3 is 0 Å². The number of nitrogens with two attached hydrogens (primary N) is 1. The zero-order valence-corrected chi connectivity index (χ0v) is 10.3. The summed E-state index contributed by atoms with van der Waals surface area (Å²) in [5.41, 5.74) is 7.72. The van der Waals surface area contributed by atoms with Gasteiger partial charge < -0.3 is 11.1 Å². The second-order valence-corrected chi connectivity index (χ2v) is 4.04. The van der Waals surface area contributed by atoms with Crippen molar-refractivity contribution in [2.75, 3.05) is 11.1 Å². The highest BCUT2D eigenvalue weighted by Gasteiger charge is 2.09. The molecule has 0 aliphatic carbocycles. The first kappa shape index (κ1) is 12.6. The summed E-state index contributed by atoms with van der Waals surface area (Å²) in [7, 11) is 0. The predicted octanol–water partition coefficient (Wildman–Crippen LogP) is 2.10. The van der Waals surface area contributed by atoms with Gasteiger partial charge in [0.25, 0.3) is 5.91 Å². The number of benzene rings is 1. The number of rotatable bonds is 2. The molecule has 0 aliphatic rings. The third-order valence-electron chi connectivity index (χ3n) is 2.62. The molecule has 19 heavy (non-hydrogen) atoms. The molecule has 2 rings (SSSR count). The van der Waals surface area contributed by atoms with Crippen LogP contribution in [0.2, 0.25) is 0 Å². The van der Waals surface area contributed by atoms with E-state index in [0.717, 1.165) is 5.56 Å². The molecule has 1 amide bonds. The Kier molecular flexibility index (Phi) is 3.44. The minimum absolute atomic E-state index is 0.238. The van der Waals surface area contributed by atoms with Crippen molar-refractivity contribution in [3.05, 3.63) is 53.2 Å². The van der Waals surface area contributed by atoms with Gasteiger partial charge in [0.15, 0.2) is 0 Å². The van der Waals surface area contributed by atoms with Crippen LogP contribution in [0.15, 0.2) is 36.4 Å². The molecule has 0 spiro atoms. The molecule has 94 valence electrons. The molecule has 0 unspecified atom stereocenters. The number of amides is 1. The molecular weight excluding hydrogens is 240 g/mol. The number of hydrogen-bond acceptors (Lipinski definition) is 4. The minimum atomic E-state index is -0.356. The topological polar surface area (TPSA) is 91.8 Å². The molecular formula is C14H12N4O. The number of aromatic nitrogens is 1. The van der Waals surface area contributed by atoms with E-state index in [1.807, 2.05) is 13.0 Å². The smallest absolute Gasteiger partial charge is 0.274 e. The van der Waals surface area contributed by atoms with Gasteiger partial charge in [0, 0.05) is 5.69 Å². The van der Waals surface area contributed by atoms with Gasteiger partial charge in [-0.15, -0.1) is 0 Å². The van der Waals surface area contributed by atoms with Gasteiger partial charge in [0.1, 0.15) is 11.5 Å². The second-order valence-electron chi connectivity index (χ2n) is 4.04. The summed E-state index contributed by atoms with van der Waals surface area (Å²) in [6, 6.07) is 12.0. The maximum Gasteiger partial charge on any atom is 0.274 e. The van der Waals surface area contributed by atoms with Crippen molar-refractivity contribution in [3.8, 4) is 6.07 Å². The number of hydrogen-bond donors (Lipinski definition) is 2. The molecule has 3 N–H and O–H groups in total. The average molecular weight is 252 g/mol. The van der Waals surface area contributed by atoms with Crippen LogP contribution in [0.3, 0.4) is 0 Å². The molecule has 0 radical (unpaired) electrons. The quantitative estimate of drug-likeness (QED) is 0.856. The number of carbonyl (C=O) groups excluding carboxylic acids is 1. The van der Waals surface area contributed by atoms with Crippen LogP contribution in [0.1, 0.15) is 21.6 Å². The highest BCUT2D eigenvalue weighted by atomic mass is 16.1. The fourth-order valence-electron chi connectivity index (χ4n) is 1.59. The Hall–Kier alpha value is -2.87. The molecule has 0 saturated carbocycles. The maximum atomic E-state index is 12.0. The van der Waals surface area contributed by atoms with Crippen LogP contribution in [-0.2, 0) is 0 Å². The lowest BCUT2D eigenvalue weighted by Crippen LogP contribution is -2.15. The van der Waals surface area contributed by atoms with Gasteiger partial charge in [-0.1, -0.05) is 12.1 Å². The van der Waals surface area contributed by atoms with E-state index in [0.29, 0.717) is 11.3 Å². The molecule has 0 fully saturated rings. The van der Waals surface area contributed by atoms with E-state index in [2.05, 4.69) is 10.3 Å². The van der Waals surface area contributed by atoms with Gasteiger partial charge in [-0.05, 0) is 36.8 Å². The van der Waals surface area contributed by atoms with Crippen LogP contribution in [0.4, 0.5) is 11.5 Å². The van der Waals surface area contributed by atoms with Gasteiger partial charge in [-0.3, -0.25) is 4.79 Å². The third kappa shape index (κ3) is 2.87. The SMILES string of the molecule is Cc1ccc(C#N)cc1NC(=O)c1cccc(N)n1. The maximum absolute atomic E-state index is 12.0. The molecule has 1 aromatic carbocycles.